The summed E-state index contributed by atoms with van der Waals surface area (Å²) in [5, 5.41) is 1.09. The molecule has 1 aromatic heterocycles. The monoisotopic (exact) mass is 458 g/mol. The second kappa shape index (κ2) is 10.0. The van der Waals surface area contributed by atoms with E-state index in [2.05, 4.69) is 4.98 Å². The van der Waals surface area contributed by atoms with Gasteiger partial charge in [-0.2, -0.15) is 0 Å². The maximum Gasteiger partial charge on any atom is 0.321 e. The van der Waals surface area contributed by atoms with Crippen LogP contribution in [0.3, 0.4) is 0 Å². The minimum atomic E-state index is -0.372. The van der Waals surface area contributed by atoms with Crippen LogP contribution in [0.4, 0.5) is 0 Å². The largest absolute Gasteiger partial charge is 0.426 e. The summed E-state index contributed by atoms with van der Waals surface area (Å²) in [5.41, 5.74) is 4.81. The number of hydrogen-bond donors (Lipinski definition) is 0. The molecular formula is C27H26N2O3S. The van der Waals surface area contributed by atoms with E-state index in [9.17, 15) is 9.59 Å². The zero-order valence-corrected chi connectivity index (χ0v) is 19.8. The van der Waals surface area contributed by atoms with Crippen LogP contribution in [-0.2, 0) is 17.8 Å². The summed E-state index contributed by atoms with van der Waals surface area (Å²) in [4.78, 5) is 30.5. The highest BCUT2D eigenvalue weighted by Crippen LogP contribution is 2.24. The number of benzene rings is 3. The number of para-hydroxylation sites is 1. The topological polar surface area (TPSA) is 61.2 Å². The number of fused-ring (bicyclic) bond motifs is 1. The lowest BCUT2D eigenvalue weighted by atomic mass is 10.1. The highest BCUT2D eigenvalue weighted by Gasteiger charge is 2.15. The van der Waals surface area contributed by atoms with Crippen molar-refractivity contribution < 1.29 is 9.53 Å². The molecule has 6 heteroatoms. The Hall–Kier alpha value is -3.38. The van der Waals surface area contributed by atoms with Crippen molar-refractivity contribution in [2.45, 2.75) is 38.9 Å². The fraction of sp³-hybridized carbons (Fsp3) is 0.222. The number of aromatic nitrogens is 2. The molecule has 0 N–H and O–H groups in total. The Kier molecular flexibility index (Phi) is 6.94. The maximum atomic E-state index is 13.2. The van der Waals surface area contributed by atoms with Crippen LogP contribution in [0, 0.1) is 20.8 Å². The third-order valence-corrected chi connectivity index (χ3v) is 6.58. The van der Waals surface area contributed by atoms with Gasteiger partial charge in [0.05, 0.1) is 16.7 Å². The molecule has 0 atom stereocenters. The van der Waals surface area contributed by atoms with Crippen molar-refractivity contribution in [1.29, 1.82) is 0 Å². The molecule has 0 bridgehead atoms. The average Bonchev–Trinajstić information content (AvgIpc) is 2.81. The van der Waals surface area contributed by atoms with E-state index in [-0.39, 0.29) is 17.3 Å². The van der Waals surface area contributed by atoms with Crippen molar-refractivity contribution in [3.8, 4) is 5.75 Å². The highest BCUT2D eigenvalue weighted by atomic mass is 32.2. The van der Waals surface area contributed by atoms with Gasteiger partial charge in [-0.1, -0.05) is 60.3 Å². The lowest BCUT2D eigenvalue weighted by molar-refractivity contribution is -0.131. The molecule has 0 aliphatic heterocycles. The molecule has 0 unspecified atom stereocenters. The van der Waals surface area contributed by atoms with Gasteiger partial charge in [-0.05, 0) is 67.6 Å². The molecule has 0 aliphatic carbocycles. The van der Waals surface area contributed by atoms with Crippen LogP contribution in [0.15, 0.2) is 76.7 Å². The van der Waals surface area contributed by atoms with Gasteiger partial charge < -0.3 is 4.74 Å². The molecule has 33 heavy (non-hydrogen) atoms. The summed E-state index contributed by atoms with van der Waals surface area (Å²) < 4.78 is 7.28. The summed E-state index contributed by atoms with van der Waals surface area (Å²) in [6.07, 6.45) is 0.695. The molecule has 168 valence electrons. The third kappa shape index (κ3) is 5.34. The fourth-order valence-electron chi connectivity index (χ4n) is 3.66. The molecule has 5 nitrogen and oxygen atoms in total. The van der Waals surface area contributed by atoms with Crippen LogP contribution in [0.1, 0.15) is 22.3 Å². The minimum absolute atomic E-state index is 0.0580. The van der Waals surface area contributed by atoms with Gasteiger partial charge in [0, 0.05) is 6.54 Å². The van der Waals surface area contributed by atoms with Crippen molar-refractivity contribution in [2.75, 3.05) is 5.75 Å². The van der Waals surface area contributed by atoms with Crippen LogP contribution in [0.25, 0.3) is 10.9 Å². The van der Waals surface area contributed by atoms with Crippen molar-refractivity contribution in [1.82, 2.24) is 9.55 Å². The number of thioether (sulfide) groups is 1. The molecule has 1 heterocycles. The summed E-state index contributed by atoms with van der Waals surface area (Å²) >= 11 is 1.23. The molecule has 0 saturated heterocycles. The van der Waals surface area contributed by atoms with Gasteiger partial charge in [0.2, 0.25) is 0 Å². The van der Waals surface area contributed by atoms with Crippen molar-refractivity contribution in [3.05, 3.63) is 99.3 Å². The minimum Gasteiger partial charge on any atom is -0.426 e. The number of esters is 1. The SMILES string of the molecule is Cc1cc(C)c(OC(=O)CSc2nc3ccccc3c(=O)n2CCc2ccccc2)cc1C. The first-order valence-corrected chi connectivity index (χ1v) is 11.9. The van der Waals surface area contributed by atoms with Gasteiger partial charge in [0.1, 0.15) is 5.75 Å². The van der Waals surface area contributed by atoms with Crippen molar-refractivity contribution >= 4 is 28.6 Å². The second-order valence-electron chi connectivity index (χ2n) is 8.07. The van der Waals surface area contributed by atoms with Crippen LogP contribution in [0.5, 0.6) is 5.75 Å². The molecule has 3 aromatic carbocycles. The normalized spacial score (nSPS) is 11.0. The Bertz CT molecular complexity index is 1360. The number of carbonyl (C=O) groups excluding carboxylic acids is 1. The molecule has 0 radical (unpaired) electrons. The Morgan fingerprint density at radius 3 is 2.42 bits per heavy atom. The van der Waals surface area contributed by atoms with E-state index in [0.29, 0.717) is 34.8 Å². The summed E-state index contributed by atoms with van der Waals surface area (Å²) in [7, 11) is 0. The number of ether oxygens (including phenoxy) is 1. The van der Waals surface area contributed by atoms with Crippen LogP contribution < -0.4 is 10.3 Å². The van der Waals surface area contributed by atoms with E-state index in [1.54, 1.807) is 10.6 Å². The van der Waals surface area contributed by atoms with Crippen molar-refractivity contribution in [3.63, 3.8) is 0 Å². The number of aryl methyl sites for hydroxylation is 4. The zero-order valence-electron chi connectivity index (χ0n) is 19.0. The highest BCUT2D eigenvalue weighted by molar-refractivity contribution is 7.99. The molecule has 0 saturated carbocycles. The van der Waals surface area contributed by atoms with E-state index in [1.807, 2.05) is 81.4 Å². The molecule has 0 amide bonds. The smallest absolute Gasteiger partial charge is 0.321 e. The summed E-state index contributed by atoms with van der Waals surface area (Å²) in [5.74, 6) is 0.252. The van der Waals surface area contributed by atoms with Crippen LogP contribution >= 0.6 is 11.8 Å². The zero-order chi connectivity index (χ0) is 23.4. The van der Waals surface area contributed by atoms with E-state index in [1.165, 1.54) is 11.8 Å². The third-order valence-electron chi connectivity index (χ3n) is 5.63. The molecule has 4 aromatic rings. The standard InChI is InChI=1S/C27H26N2O3S/c1-18-15-20(3)24(16-19(18)2)32-25(30)17-33-27-28-23-12-8-7-11-22(23)26(31)29(27)14-13-21-9-5-4-6-10-21/h4-12,15-16H,13-14,17H2,1-3H3. The molecule has 4 rings (SSSR count). The molecule has 0 spiro atoms. The van der Waals surface area contributed by atoms with Gasteiger partial charge in [0.25, 0.3) is 5.56 Å². The first kappa shape index (κ1) is 22.8. The van der Waals surface area contributed by atoms with Crippen LogP contribution in [0.2, 0.25) is 0 Å². The predicted molar refractivity (Wildman–Crippen MR) is 133 cm³/mol. The molecular weight excluding hydrogens is 432 g/mol. The first-order chi connectivity index (χ1) is 15.9. The van der Waals surface area contributed by atoms with E-state index in [4.69, 9.17) is 4.74 Å². The number of hydrogen-bond acceptors (Lipinski definition) is 5. The fourth-order valence-corrected chi connectivity index (χ4v) is 4.46. The average molecular weight is 459 g/mol. The summed E-state index contributed by atoms with van der Waals surface area (Å²) in [6.45, 7) is 6.43. The lowest BCUT2D eigenvalue weighted by Crippen LogP contribution is -2.25. The maximum absolute atomic E-state index is 13.2. The van der Waals surface area contributed by atoms with Gasteiger partial charge >= 0.3 is 5.97 Å². The second-order valence-corrected chi connectivity index (χ2v) is 9.01. The molecule has 0 fully saturated rings. The first-order valence-electron chi connectivity index (χ1n) is 10.9. The quantitative estimate of drug-likeness (QED) is 0.164. The number of rotatable bonds is 7. The van der Waals surface area contributed by atoms with E-state index >= 15 is 0 Å². The van der Waals surface area contributed by atoms with E-state index < -0.39 is 0 Å². The van der Waals surface area contributed by atoms with Crippen molar-refractivity contribution in [2.24, 2.45) is 0 Å². The van der Waals surface area contributed by atoms with Gasteiger partial charge in [-0.15, -0.1) is 0 Å². The van der Waals surface area contributed by atoms with E-state index in [0.717, 1.165) is 22.3 Å². The predicted octanol–water partition coefficient (Wildman–Crippen LogP) is 5.26. The number of carbonyl (C=O) groups is 1. The van der Waals surface area contributed by atoms with Gasteiger partial charge in [-0.25, -0.2) is 4.98 Å². The lowest BCUT2D eigenvalue weighted by Gasteiger charge is -2.14. The Balaban J connectivity index is 1.56. The van der Waals surface area contributed by atoms with Gasteiger partial charge in [-0.3, -0.25) is 14.2 Å². The number of nitrogens with zero attached hydrogens (tertiary/aromatic N) is 2. The van der Waals surface area contributed by atoms with Gasteiger partial charge in [0.15, 0.2) is 5.16 Å². The molecule has 0 aliphatic rings. The Labute approximate surface area is 197 Å². The van der Waals surface area contributed by atoms with Crippen LogP contribution in [-0.4, -0.2) is 21.3 Å². The Morgan fingerprint density at radius 2 is 1.64 bits per heavy atom. The summed E-state index contributed by atoms with van der Waals surface area (Å²) in [6, 6.07) is 21.2. The Morgan fingerprint density at radius 1 is 0.939 bits per heavy atom.